The Morgan fingerprint density at radius 3 is 2.90 bits per heavy atom. The van der Waals surface area contributed by atoms with Crippen molar-refractivity contribution in [2.24, 2.45) is 0 Å². The minimum absolute atomic E-state index is 0.309. The van der Waals surface area contributed by atoms with E-state index in [1.807, 2.05) is 18.2 Å². The molecule has 1 aromatic rings. The zero-order valence-electron chi connectivity index (χ0n) is 5.34. The van der Waals surface area contributed by atoms with Gasteiger partial charge in [0.05, 0.1) is 4.83 Å². The van der Waals surface area contributed by atoms with E-state index in [-0.39, 0.29) is 0 Å². The van der Waals surface area contributed by atoms with Crippen molar-refractivity contribution < 1.29 is 0 Å². The summed E-state index contributed by atoms with van der Waals surface area (Å²) in [7, 11) is 0. The summed E-state index contributed by atoms with van der Waals surface area (Å²) in [4.78, 5) is 0.309. The zero-order chi connectivity index (χ0) is 6.97. The molecule has 0 saturated heterocycles. The van der Waals surface area contributed by atoms with Gasteiger partial charge >= 0.3 is 0 Å². The van der Waals surface area contributed by atoms with Crippen LogP contribution in [0.1, 0.15) is 16.0 Å². The average Bonchev–Trinajstić information content (AvgIpc) is 2.34. The summed E-state index contributed by atoms with van der Waals surface area (Å²) >= 11 is 3.49. The average molecular weight is 194 g/mol. The van der Waals surface area contributed by atoms with Crippen molar-refractivity contribution in [3.05, 3.63) is 41.5 Å². The number of benzene rings is 1. The van der Waals surface area contributed by atoms with Gasteiger partial charge in [0.25, 0.3) is 0 Å². The molecule has 0 spiro atoms. The van der Waals surface area contributed by atoms with Gasteiger partial charge in [0.1, 0.15) is 0 Å². The lowest BCUT2D eigenvalue weighted by atomic mass is 10.1. The first-order valence-corrected chi connectivity index (χ1v) is 4.12. The number of hydrogen-bond acceptors (Lipinski definition) is 0. The lowest BCUT2D eigenvalue weighted by Crippen LogP contribution is -1.81. The normalized spacial score (nSPS) is 21.1. The molecule has 0 nitrogen and oxygen atoms in total. The molecular weight excluding hydrogens is 188 g/mol. The minimum Gasteiger partial charge on any atom is -0.0786 e. The Labute approximate surface area is 68.7 Å². The maximum absolute atomic E-state index is 3.49. The summed E-state index contributed by atoms with van der Waals surface area (Å²) < 4.78 is 0. The van der Waals surface area contributed by atoms with E-state index in [1.54, 1.807) is 0 Å². The van der Waals surface area contributed by atoms with Gasteiger partial charge < -0.3 is 0 Å². The van der Waals surface area contributed by atoms with E-state index < -0.39 is 0 Å². The van der Waals surface area contributed by atoms with Crippen LogP contribution in [0.3, 0.4) is 0 Å². The zero-order valence-corrected chi connectivity index (χ0v) is 6.93. The van der Waals surface area contributed by atoms with Crippen molar-refractivity contribution >= 4 is 22.0 Å². The van der Waals surface area contributed by atoms with Crippen LogP contribution in [-0.4, -0.2) is 0 Å². The molecule has 0 aromatic heterocycles. The molecule has 49 valence electrons. The van der Waals surface area contributed by atoms with E-state index in [2.05, 4.69) is 34.1 Å². The summed E-state index contributed by atoms with van der Waals surface area (Å²) in [5, 5.41) is 0. The molecule has 0 fully saturated rings. The van der Waals surface area contributed by atoms with Crippen molar-refractivity contribution in [3.63, 3.8) is 0 Å². The molecule has 0 bridgehead atoms. The molecular formula is C9H6Br. The number of fused-ring (bicyclic) bond motifs is 1. The molecule has 1 aliphatic carbocycles. The van der Waals surface area contributed by atoms with Gasteiger partial charge in [-0.1, -0.05) is 40.2 Å². The van der Waals surface area contributed by atoms with E-state index in [0.29, 0.717) is 4.83 Å². The highest BCUT2D eigenvalue weighted by atomic mass is 79.9. The van der Waals surface area contributed by atoms with E-state index in [1.165, 1.54) is 11.1 Å². The van der Waals surface area contributed by atoms with E-state index in [4.69, 9.17) is 0 Å². The Morgan fingerprint density at radius 2 is 2.10 bits per heavy atom. The molecule has 1 radical (unpaired) electrons. The van der Waals surface area contributed by atoms with Gasteiger partial charge in [-0.15, -0.1) is 0 Å². The van der Waals surface area contributed by atoms with Crippen molar-refractivity contribution in [1.82, 2.24) is 0 Å². The second-order valence-corrected chi connectivity index (χ2v) is 3.22. The predicted molar refractivity (Wildman–Crippen MR) is 45.8 cm³/mol. The molecule has 1 atom stereocenters. The molecule has 0 amide bonds. The van der Waals surface area contributed by atoms with Crippen LogP contribution in [0.5, 0.6) is 0 Å². The highest BCUT2D eigenvalue weighted by Crippen LogP contribution is 2.32. The fourth-order valence-electron chi connectivity index (χ4n) is 1.13. The van der Waals surface area contributed by atoms with Gasteiger partial charge in [-0.05, 0) is 23.3 Å². The van der Waals surface area contributed by atoms with Crippen molar-refractivity contribution in [1.29, 1.82) is 0 Å². The Balaban J connectivity index is 2.59. The van der Waals surface area contributed by atoms with Gasteiger partial charge in [0.2, 0.25) is 0 Å². The van der Waals surface area contributed by atoms with Crippen LogP contribution in [-0.2, 0) is 0 Å². The predicted octanol–water partition coefficient (Wildman–Crippen LogP) is 2.95. The van der Waals surface area contributed by atoms with E-state index in [9.17, 15) is 0 Å². The van der Waals surface area contributed by atoms with E-state index in [0.717, 1.165) is 0 Å². The first kappa shape index (κ1) is 6.17. The summed E-state index contributed by atoms with van der Waals surface area (Å²) in [6.45, 7) is 0. The van der Waals surface area contributed by atoms with Crippen LogP contribution in [0.2, 0.25) is 0 Å². The van der Waals surface area contributed by atoms with Crippen molar-refractivity contribution in [2.45, 2.75) is 4.83 Å². The minimum atomic E-state index is 0.309. The van der Waals surface area contributed by atoms with Crippen molar-refractivity contribution in [3.8, 4) is 0 Å². The van der Waals surface area contributed by atoms with Crippen LogP contribution >= 0.6 is 15.9 Å². The van der Waals surface area contributed by atoms with Gasteiger partial charge in [-0.25, -0.2) is 0 Å². The lowest BCUT2D eigenvalue weighted by molar-refractivity contribution is 1.26. The molecule has 0 N–H and O–H groups in total. The fourth-order valence-corrected chi connectivity index (χ4v) is 1.67. The van der Waals surface area contributed by atoms with Crippen molar-refractivity contribution in [2.75, 3.05) is 0 Å². The number of allylic oxidation sites excluding steroid dienone is 1. The van der Waals surface area contributed by atoms with Crippen LogP contribution in [0.4, 0.5) is 0 Å². The molecule has 0 aliphatic heterocycles. The summed E-state index contributed by atoms with van der Waals surface area (Å²) in [5.74, 6) is 0. The topological polar surface area (TPSA) is 0 Å². The molecule has 1 aromatic carbocycles. The summed E-state index contributed by atoms with van der Waals surface area (Å²) in [6.07, 6.45) is 5.20. The first-order chi connectivity index (χ1) is 4.88. The Bertz CT molecular complexity index is 276. The highest BCUT2D eigenvalue weighted by molar-refractivity contribution is 9.09. The van der Waals surface area contributed by atoms with Gasteiger partial charge in [0.15, 0.2) is 0 Å². The smallest absolute Gasteiger partial charge is 0.0653 e. The van der Waals surface area contributed by atoms with Crippen LogP contribution < -0.4 is 0 Å². The molecule has 1 heteroatoms. The Kier molecular flexibility index (Phi) is 1.38. The van der Waals surface area contributed by atoms with Gasteiger partial charge in [-0.2, -0.15) is 0 Å². The molecule has 10 heavy (non-hydrogen) atoms. The fraction of sp³-hybridized carbons (Fsp3) is 0.111. The third-order valence-electron chi connectivity index (χ3n) is 1.65. The first-order valence-electron chi connectivity index (χ1n) is 3.20. The molecule has 2 rings (SSSR count). The van der Waals surface area contributed by atoms with Gasteiger partial charge in [0, 0.05) is 0 Å². The maximum atomic E-state index is 3.49. The highest BCUT2D eigenvalue weighted by Gasteiger charge is 2.12. The SMILES string of the molecule is BrC1[C]=Cc2ccccc21. The summed E-state index contributed by atoms with van der Waals surface area (Å²) in [6, 6.07) is 8.31. The molecule has 1 aliphatic rings. The standard InChI is InChI=1S/C9H6Br/c10-9-6-5-7-3-1-2-4-8(7)9/h1-5,9H. The monoisotopic (exact) mass is 193 g/mol. The van der Waals surface area contributed by atoms with E-state index >= 15 is 0 Å². The number of hydrogen-bond donors (Lipinski definition) is 0. The third-order valence-corrected chi connectivity index (χ3v) is 2.41. The van der Waals surface area contributed by atoms with Crippen LogP contribution in [0, 0.1) is 6.08 Å². The largest absolute Gasteiger partial charge is 0.0786 e. The maximum Gasteiger partial charge on any atom is 0.0653 e. The molecule has 1 unspecified atom stereocenters. The lowest BCUT2D eigenvalue weighted by Gasteiger charge is -1.99. The number of rotatable bonds is 0. The molecule has 0 heterocycles. The Morgan fingerprint density at radius 1 is 1.30 bits per heavy atom. The number of halogens is 1. The Hall–Kier alpha value is -0.560. The van der Waals surface area contributed by atoms with Crippen LogP contribution in [0.25, 0.3) is 6.08 Å². The second kappa shape index (κ2) is 2.24. The molecule has 0 saturated carbocycles. The summed E-state index contributed by atoms with van der Waals surface area (Å²) in [5.41, 5.74) is 2.60. The van der Waals surface area contributed by atoms with Crippen LogP contribution in [0.15, 0.2) is 24.3 Å². The number of alkyl halides is 1. The third kappa shape index (κ3) is 0.816. The van der Waals surface area contributed by atoms with Gasteiger partial charge in [-0.3, -0.25) is 0 Å². The second-order valence-electron chi connectivity index (χ2n) is 2.30. The quantitative estimate of drug-likeness (QED) is 0.557.